The van der Waals surface area contributed by atoms with Gasteiger partial charge < -0.3 is 21.0 Å². The molecule has 0 aliphatic carbocycles. The van der Waals surface area contributed by atoms with Gasteiger partial charge in [0.05, 0.1) is 6.04 Å². The molecule has 0 heterocycles. The lowest BCUT2D eigenvalue weighted by Crippen LogP contribution is -2.66. The Morgan fingerprint density at radius 2 is 1.76 bits per heavy atom. The number of rotatable bonds is 7. The van der Waals surface area contributed by atoms with Gasteiger partial charge in [0, 0.05) is 23.7 Å². The Kier molecular flexibility index (Phi) is 6.50. The number of carboxylic acids is 1. The van der Waals surface area contributed by atoms with Crippen LogP contribution in [0.2, 0.25) is 0 Å². The quantitative estimate of drug-likeness (QED) is 0.559. The molecule has 0 saturated carbocycles. The van der Waals surface area contributed by atoms with Crippen molar-refractivity contribution in [2.24, 2.45) is 0 Å². The van der Waals surface area contributed by atoms with Crippen molar-refractivity contribution in [2.45, 2.75) is 52.6 Å². The number of carbonyl (C=O) groups excluding carboxylic acids is 2. The van der Waals surface area contributed by atoms with Crippen molar-refractivity contribution < 1.29 is 20.4 Å². The molecule has 0 rings (SSSR count). The monoisotopic (exact) mass is 242 g/mol. The van der Waals surface area contributed by atoms with Crippen LogP contribution in [0.4, 0.5) is 0 Å². The third kappa shape index (κ3) is 6.06. The number of hydrogen-bond acceptors (Lipinski definition) is 4. The number of aliphatic carboxylic acids is 1. The van der Waals surface area contributed by atoms with Crippen LogP contribution in [0, 0.1) is 0 Å². The van der Waals surface area contributed by atoms with Gasteiger partial charge in [0.25, 0.3) is 0 Å². The molecule has 0 radical (unpaired) electrons. The SMILES string of the molecule is C/C(NC(C)C(C)[NH3+])=C(\C)C(=O)CCC(=O)[O-]. The summed E-state index contributed by atoms with van der Waals surface area (Å²) < 4.78 is 0. The fourth-order valence-corrected chi connectivity index (χ4v) is 1.20. The molecule has 0 aromatic rings. The molecule has 5 nitrogen and oxygen atoms in total. The lowest BCUT2D eigenvalue weighted by molar-refractivity contribution is -0.419. The second-order valence-corrected chi connectivity index (χ2v) is 4.46. The van der Waals surface area contributed by atoms with E-state index < -0.39 is 5.97 Å². The number of ketones is 1. The minimum absolute atomic E-state index is 0.0124. The number of hydrogen-bond donors (Lipinski definition) is 2. The van der Waals surface area contributed by atoms with Crippen molar-refractivity contribution in [3.8, 4) is 0 Å². The van der Waals surface area contributed by atoms with Gasteiger partial charge in [-0.15, -0.1) is 0 Å². The Morgan fingerprint density at radius 3 is 2.18 bits per heavy atom. The average molecular weight is 242 g/mol. The predicted molar refractivity (Wildman–Crippen MR) is 62.6 cm³/mol. The molecule has 5 heteroatoms. The molecule has 0 fully saturated rings. The normalized spacial score (nSPS) is 15.8. The third-order valence-corrected chi connectivity index (χ3v) is 2.83. The first-order valence-electron chi connectivity index (χ1n) is 5.75. The topological polar surface area (TPSA) is 96.9 Å². The minimum atomic E-state index is -1.20. The van der Waals surface area contributed by atoms with Gasteiger partial charge in [0.15, 0.2) is 5.78 Å². The number of carbonyl (C=O) groups is 2. The van der Waals surface area contributed by atoms with E-state index in [1.807, 2.05) is 20.8 Å². The molecule has 0 bridgehead atoms. The fourth-order valence-electron chi connectivity index (χ4n) is 1.20. The van der Waals surface area contributed by atoms with Crippen LogP contribution in [0.3, 0.4) is 0 Å². The van der Waals surface area contributed by atoms with E-state index in [0.29, 0.717) is 5.57 Å². The molecule has 4 N–H and O–H groups in total. The highest BCUT2D eigenvalue weighted by molar-refractivity contribution is 5.96. The molecule has 2 atom stereocenters. The summed E-state index contributed by atoms with van der Waals surface area (Å²) in [5, 5.41) is 13.4. The maximum absolute atomic E-state index is 11.6. The Labute approximate surface area is 102 Å². The second-order valence-electron chi connectivity index (χ2n) is 4.46. The highest BCUT2D eigenvalue weighted by atomic mass is 16.4. The van der Waals surface area contributed by atoms with Crippen molar-refractivity contribution in [3.63, 3.8) is 0 Å². The number of Topliss-reactive ketones (excluding diaryl/α,β-unsaturated/α-hetero) is 1. The maximum atomic E-state index is 11.6. The highest BCUT2D eigenvalue weighted by Gasteiger charge is 2.13. The molecule has 0 amide bonds. The summed E-state index contributed by atoms with van der Waals surface area (Å²) in [6, 6.07) is 0.384. The zero-order valence-corrected chi connectivity index (χ0v) is 11.0. The molecular weight excluding hydrogens is 220 g/mol. The number of carboxylic acid groups (broad SMARTS) is 1. The fraction of sp³-hybridized carbons (Fsp3) is 0.667. The van der Waals surface area contributed by atoms with Crippen LogP contribution < -0.4 is 16.2 Å². The van der Waals surface area contributed by atoms with Gasteiger partial charge >= 0.3 is 0 Å². The lowest BCUT2D eigenvalue weighted by Gasteiger charge is -2.18. The van der Waals surface area contributed by atoms with E-state index >= 15 is 0 Å². The summed E-state index contributed by atoms with van der Waals surface area (Å²) in [6.07, 6.45) is -0.244. The Balaban J connectivity index is 4.47. The Morgan fingerprint density at radius 1 is 1.24 bits per heavy atom. The van der Waals surface area contributed by atoms with E-state index in [9.17, 15) is 14.7 Å². The molecule has 0 aromatic carbocycles. The first kappa shape index (κ1) is 15.6. The van der Waals surface area contributed by atoms with Crippen LogP contribution >= 0.6 is 0 Å². The average Bonchev–Trinajstić information content (AvgIpc) is 2.24. The van der Waals surface area contributed by atoms with Crippen LogP contribution in [0.15, 0.2) is 11.3 Å². The van der Waals surface area contributed by atoms with E-state index in [1.165, 1.54) is 0 Å². The van der Waals surface area contributed by atoms with E-state index in [1.54, 1.807) is 6.92 Å². The molecule has 0 aliphatic rings. The van der Waals surface area contributed by atoms with Crippen molar-refractivity contribution in [1.82, 2.24) is 5.32 Å². The number of nitrogens with one attached hydrogen (secondary N) is 1. The van der Waals surface area contributed by atoms with Crippen molar-refractivity contribution in [2.75, 3.05) is 0 Å². The zero-order valence-electron chi connectivity index (χ0n) is 11.0. The van der Waals surface area contributed by atoms with Crippen molar-refractivity contribution in [3.05, 3.63) is 11.3 Å². The van der Waals surface area contributed by atoms with Crippen LogP contribution in [0.5, 0.6) is 0 Å². The lowest BCUT2D eigenvalue weighted by atomic mass is 10.1. The third-order valence-electron chi connectivity index (χ3n) is 2.83. The molecule has 0 aliphatic heterocycles. The standard InChI is InChI=1S/C12H22N2O3/c1-7(11(15)5-6-12(16)17)9(3)14-10(4)8(2)13/h8,10,14H,5-6,13H2,1-4H3,(H,16,17)/b9-7-. The molecule has 17 heavy (non-hydrogen) atoms. The summed E-state index contributed by atoms with van der Waals surface area (Å²) in [6.45, 7) is 7.48. The Hall–Kier alpha value is -1.36. The van der Waals surface area contributed by atoms with Crippen molar-refractivity contribution >= 4 is 11.8 Å². The minimum Gasteiger partial charge on any atom is -0.550 e. The van der Waals surface area contributed by atoms with Gasteiger partial charge in [-0.25, -0.2) is 0 Å². The predicted octanol–water partition coefficient (Wildman–Crippen LogP) is -1.01. The molecule has 0 aromatic heterocycles. The van der Waals surface area contributed by atoms with Crippen LogP contribution in [-0.2, 0) is 9.59 Å². The van der Waals surface area contributed by atoms with Gasteiger partial charge in [-0.3, -0.25) is 4.79 Å². The first-order valence-corrected chi connectivity index (χ1v) is 5.75. The maximum Gasteiger partial charge on any atom is 0.160 e. The van der Waals surface area contributed by atoms with Crippen molar-refractivity contribution in [1.29, 1.82) is 0 Å². The van der Waals surface area contributed by atoms with Gasteiger partial charge in [-0.2, -0.15) is 0 Å². The number of allylic oxidation sites excluding steroid dienone is 2. The van der Waals surface area contributed by atoms with E-state index in [-0.39, 0.29) is 30.7 Å². The van der Waals surface area contributed by atoms with Crippen LogP contribution in [0.25, 0.3) is 0 Å². The summed E-state index contributed by atoms with van der Waals surface area (Å²) >= 11 is 0. The van der Waals surface area contributed by atoms with Gasteiger partial charge in [-0.1, -0.05) is 0 Å². The van der Waals surface area contributed by atoms with E-state index in [0.717, 1.165) is 5.70 Å². The van der Waals surface area contributed by atoms with Crippen LogP contribution in [-0.4, -0.2) is 23.8 Å². The summed E-state index contributed by atoms with van der Waals surface area (Å²) in [7, 11) is 0. The largest absolute Gasteiger partial charge is 0.550 e. The zero-order chi connectivity index (χ0) is 13.6. The summed E-state index contributed by atoms with van der Waals surface area (Å²) in [5.41, 5.74) is 5.24. The van der Waals surface area contributed by atoms with Gasteiger partial charge in [0.2, 0.25) is 0 Å². The first-order chi connectivity index (χ1) is 7.75. The highest BCUT2D eigenvalue weighted by Crippen LogP contribution is 2.07. The Bertz CT molecular complexity index is 322. The van der Waals surface area contributed by atoms with E-state index in [2.05, 4.69) is 11.1 Å². The second kappa shape index (κ2) is 7.06. The van der Waals surface area contributed by atoms with Gasteiger partial charge in [-0.05, 0) is 34.1 Å². The number of quaternary nitrogens is 1. The van der Waals surface area contributed by atoms with Crippen LogP contribution in [0.1, 0.15) is 40.5 Å². The van der Waals surface area contributed by atoms with Gasteiger partial charge in [0.1, 0.15) is 6.04 Å². The molecule has 0 spiro atoms. The van der Waals surface area contributed by atoms with E-state index in [4.69, 9.17) is 0 Å². The summed E-state index contributed by atoms with van der Waals surface area (Å²) in [5.74, 6) is -1.36. The summed E-state index contributed by atoms with van der Waals surface area (Å²) in [4.78, 5) is 21.9. The molecule has 2 unspecified atom stereocenters. The molecular formula is C12H22N2O3. The molecule has 0 saturated heterocycles. The molecule has 98 valence electrons. The smallest absolute Gasteiger partial charge is 0.160 e.